The number of rotatable bonds is 5. The van der Waals surface area contributed by atoms with Crippen molar-refractivity contribution < 1.29 is 4.79 Å². The first-order chi connectivity index (χ1) is 10.1. The maximum Gasteiger partial charge on any atom is 0.242 e. The van der Waals surface area contributed by atoms with E-state index in [1.165, 1.54) is 32.1 Å². The summed E-state index contributed by atoms with van der Waals surface area (Å²) in [6, 6.07) is 9.49. The summed E-state index contributed by atoms with van der Waals surface area (Å²) in [6.45, 7) is 3.03. The number of benzene rings is 1. The normalized spacial score (nSPS) is 20.2. The fourth-order valence-electron chi connectivity index (χ4n) is 3.02. The van der Waals surface area contributed by atoms with Crippen LogP contribution in [0, 0.1) is 0 Å². The quantitative estimate of drug-likeness (QED) is 0.870. The largest absolute Gasteiger partial charge is 0.368 e. The first-order valence-corrected chi connectivity index (χ1v) is 7.99. The highest BCUT2D eigenvalue weighted by Crippen LogP contribution is 2.23. The average molecular weight is 289 g/mol. The lowest BCUT2D eigenvalue weighted by Gasteiger charge is -2.31. The molecule has 0 aliphatic carbocycles. The zero-order valence-corrected chi connectivity index (χ0v) is 12.8. The minimum absolute atomic E-state index is 0.444. The summed E-state index contributed by atoms with van der Waals surface area (Å²) < 4.78 is 0. The molecule has 0 saturated carbocycles. The summed E-state index contributed by atoms with van der Waals surface area (Å²) >= 11 is 0. The van der Waals surface area contributed by atoms with E-state index in [2.05, 4.69) is 4.90 Å². The fraction of sp³-hybridized carbons (Fsp3) is 0.588. The van der Waals surface area contributed by atoms with Crippen LogP contribution in [0.25, 0.3) is 0 Å². The molecule has 1 atom stereocenters. The maximum absolute atomic E-state index is 11.9. The molecule has 1 aromatic rings. The monoisotopic (exact) mass is 289 g/mol. The minimum atomic E-state index is -1.07. The summed E-state index contributed by atoms with van der Waals surface area (Å²) in [6.07, 6.45) is 7.00. The number of hydrogen-bond acceptors (Lipinski definition) is 3. The molecule has 1 unspecified atom stereocenters. The Kier molecular flexibility index (Phi) is 5.76. The average Bonchev–Trinajstić information content (AvgIpc) is 2.46. The number of nitrogens with two attached hydrogens (primary N) is 2. The lowest BCUT2D eigenvalue weighted by atomic mass is 9.86. The van der Waals surface area contributed by atoms with E-state index in [9.17, 15) is 4.79 Å². The molecule has 0 bridgehead atoms. The predicted molar refractivity (Wildman–Crippen MR) is 85.6 cm³/mol. The molecule has 0 spiro atoms. The Hall–Kier alpha value is -1.39. The molecule has 1 aliphatic rings. The lowest BCUT2D eigenvalue weighted by molar-refractivity contribution is -0.123. The highest BCUT2D eigenvalue weighted by molar-refractivity contribution is 5.85. The zero-order valence-electron chi connectivity index (χ0n) is 12.8. The van der Waals surface area contributed by atoms with E-state index in [1.807, 2.05) is 30.3 Å². The van der Waals surface area contributed by atoms with Crippen molar-refractivity contribution >= 4 is 5.91 Å². The highest BCUT2D eigenvalue weighted by Gasteiger charge is 2.34. The second-order valence-electron chi connectivity index (χ2n) is 6.06. The van der Waals surface area contributed by atoms with Crippen LogP contribution in [0.3, 0.4) is 0 Å². The Labute approximate surface area is 127 Å². The molecule has 4 N–H and O–H groups in total. The van der Waals surface area contributed by atoms with E-state index in [0.29, 0.717) is 6.42 Å². The maximum atomic E-state index is 11.9. The fourth-order valence-corrected chi connectivity index (χ4v) is 3.02. The summed E-state index contributed by atoms with van der Waals surface area (Å²) in [7, 11) is 0. The summed E-state index contributed by atoms with van der Waals surface area (Å²) in [4.78, 5) is 14.3. The third kappa shape index (κ3) is 4.29. The molecule has 1 fully saturated rings. The van der Waals surface area contributed by atoms with Crippen LogP contribution < -0.4 is 11.5 Å². The van der Waals surface area contributed by atoms with Gasteiger partial charge in [0.2, 0.25) is 5.91 Å². The molecule has 1 aromatic carbocycles. The summed E-state index contributed by atoms with van der Waals surface area (Å²) in [5.41, 5.74) is 11.7. The molecule has 1 saturated heterocycles. The van der Waals surface area contributed by atoms with E-state index in [0.717, 1.165) is 25.2 Å². The Morgan fingerprint density at radius 2 is 1.62 bits per heavy atom. The van der Waals surface area contributed by atoms with E-state index in [-0.39, 0.29) is 0 Å². The van der Waals surface area contributed by atoms with Crippen LogP contribution in [0.1, 0.15) is 44.1 Å². The molecule has 1 heterocycles. The third-order valence-electron chi connectivity index (χ3n) is 4.50. The number of carbonyl (C=O) groups excluding carboxylic acids is 1. The van der Waals surface area contributed by atoms with Crippen molar-refractivity contribution in [1.29, 1.82) is 0 Å². The van der Waals surface area contributed by atoms with E-state index >= 15 is 0 Å². The Bertz CT molecular complexity index is 441. The van der Waals surface area contributed by atoms with Crippen molar-refractivity contribution in [1.82, 2.24) is 4.90 Å². The van der Waals surface area contributed by atoms with Gasteiger partial charge in [-0.1, -0.05) is 49.6 Å². The van der Waals surface area contributed by atoms with E-state index in [4.69, 9.17) is 11.5 Å². The molecule has 0 radical (unpaired) electrons. The van der Waals surface area contributed by atoms with Crippen LogP contribution in [0.4, 0.5) is 0 Å². The summed E-state index contributed by atoms with van der Waals surface area (Å²) in [5, 5.41) is 0. The molecule has 4 nitrogen and oxygen atoms in total. The number of nitrogens with zero attached hydrogens (tertiary/aromatic N) is 1. The molecule has 2 rings (SSSR count). The number of primary amides is 1. The minimum Gasteiger partial charge on any atom is -0.368 e. The van der Waals surface area contributed by atoms with E-state index < -0.39 is 11.4 Å². The zero-order chi connectivity index (χ0) is 15.1. The Morgan fingerprint density at radius 1 is 1.05 bits per heavy atom. The molecule has 116 valence electrons. The standard InChI is InChI=1S/C17H27N3O/c18-16(21)17(19,15-9-5-4-6-10-15)11-14-20-12-7-2-1-3-8-13-20/h4-6,9-10H,1-3,7-8,11-14,19H2,(H2,18,21). The van der Waals surface area contributed by atoms with Gasteiger partial charge in [-0.25, -0.2) is 0 Å². The third-order valence-corrected chi connectivity index (χ3v) is 4.50. The Morgan fingerprint density at radius 3 is 2.19 bits per heavy atom. The van der Waals surface area contributed by atoms with Crippen LogP contribution in [-0.2, 0) is 10.3 Å². The Balaban J connectivity index is 2.01. The molecular formula is C17H27N3O. The van der Waals surface area contributed by atoms with Crippen molar-refractivity contribution in [3.8, 4) is 0 Å². The van der Waals surface area contributed by atoms with Gasteiger partial charge in [0.25, 0.3) is 0 Å². The van der Waals surface area contributed by atoms with Gasteiger partial charge in [-0.2, -0.15) is 0 Å². The topological polar surface area (TPSA) is 72.3 Å². The first kappa shape index (κ1) is 16.0. The smallest absolute Gasteiger partial charge is 0.242 e. The van der Waals surface area contributed by atoms with Gasteiger partial charge in [0, 0.05) is 6.54 Å². The highest BCUT2D eigenvalue weighted by atomic mass is 16.1. The van der Waals surface area contributed by atoms with Gasteiger partial charge in [0.05, 0.1) is 0 Å². The molecule has 1 aliphatic heterocycles. The predicted octanol–water partition coefficient (Wildman–Crippen LogP) is 1.98. The van der Waals surface area contributed by atoms with Gasteiger partial charge >= 0.3 is 0 Å². The van der Waals surface area contributed by atoms with Crippen molar-refractivity contribution in [2.24, 2.45) is 11.5 Å². The number of hydrogen-bond donors (Lipinski definition) is 2. The SMILES string of the molecule is NC(=O)C(N)(CCN1CCCCCCC1)c1ccccc1. The molecule has 1 amide bonds. The molecule has 21 heavy (non-hydrogen) atoms. The van der Waals surface area contributed by atoms with Crippen LogP contribution in [0.15, 0.2) is 30.3 Å². The van der Waals surface area contributed by atoms with Crippen molar-refractivity contribution in [2.75, 3.05) is 19.6 Å². The second kappa shape index (κ2) is 7.57. The van der Waals surface area contributed by atoms with E-state index in [1.54, 1.807) is 0 Å². The van der Waals surface area contributed by atoms with Crippen molar-refractivity contribution in [2.45, 2.75) is 44.1 Å². The first-order valence-electron chi connectivity index (χ1n) is 7.99. The van der Waals surface area contributed by atoms with Gasteiger partial charge in [0.15, 0.2) is 0 Å². The van der Waals surface area contributed by atoms with Crippen LogP contribution in [0.5, 0.6) is 0 Å². The second-order valence-corrected chi connectivity index (χ2v) is 6.06. The van der Waals surface area contributed by atoms with Crippen LogP contribution >= 0.6 is 0 Å². The van der Waals surface area contributed by atoms with Crippen LogP contribution in [0.2, 0.25) is 0 Å². The number of carbonyl (C=O) groups is 1. The van der Waals surface area contributed by atoms with Gasteiger partial charge in [-0.15, -0.1) is 0 Å². The van der Waals surface area contributed by atoms with Crippen LogP contribution in [-0.4, -0.2) is 30.4 Å². The number of likely N-dealkylation sites (tertiary alicyclic amines) is 1. The summed E-state index contributed by atoms with van der Waals surface area (Å²) in [5.74, 6) is -0.444. The van der Waals surface area contributed by atoms with Gasteiger partial charge in [-0.3, -0.25) is 4.79 Å². The molecule has 4 heteroatoms. The lowest BCUT2D eigenvalue weighted by Crippen LogP contribution is -2.51. The molecular weight excluding hydrogens is 262 g/mol. The van der Waals surface area contributed by atoms with Crippen molar-refractivity contribution in [3.63, 3.8) is 0 Å². The van der Waals surface area contributed by atoms with Crippen molar-refractivity contribution in [3.05, 3.63) is 35.9 Å². The number of amides is 1. The molecule has 0 aromatic heterocycles. The van der Waals surface area contributed by atoms with Gasteiger partial charge < -0.3 is 16.4 Å². The van der Waals surface area contributed by atoms with Gasteiger partial charge in [0.1, 0.15) is 5.54 Å². The van der Waals surface area contributed by atoms with Gasteiger partial charge in [-0.05, 0) is 37.9 Å².